The number of nitrogens with zero attached hydrogens (tertiary/aromatic N) is 1. The van der Waals surface area contributed by atoms with Crippen LogP contribution in [0.3, 0.4) is 0 Å². The number of rotatable bonds is 6. The van der Waals surface area contributed by atoms with Crippen LogP contribution in [0.4, 0.5) is 4.79 Å². The highest BCUT2D eigenvalue weighted by atomic mass is 127. The van der Waals surface area contributed by atoms with E-state index in [1.807, 2.05) is 6.92 Å². The van der Waals surface area contributed by atoms with Gasteiger partial charge in [-0.15, -0.1) is 0 Å². The van der Waals surface area contributed by atoms with Gasteiger partial charge in [-0.1, -0.05) is 0 Å². The van der Waals surface area contributed by atoms with Gasteiger partial charge in [0.15, 0.2) is 11.5 Å². The molecule has 1 aliphatic heterocycles. The highest BCUT2D eigenvalue weighted by Gasteiger charge is 2.34. The first-order chi connectivity index (χ1) is 11.4. The second-order valence-electron chi connectivity index (χ2n) is 4.74. The quantitative estimate of drug-likeness (QED) is 0.392. The fourth-order valence-electron chi connectivity index (χ4n) is 2.12. The van der Waals surface area contributed by atoms with Gasteiger partial charge in [-0.05, 0) is 53.3 Å². The van der Waals surface area contributed by atoms with Crippen molar-refractivity contribution in [2.24, 2.45) is 0 Å². The number of urea groups is 1. The number of ether oxygens (including phenoxy) is 2. The molecule has 2 rings (SSSR count). The lowest BCUT2D eigenvalue weighted by Crippen LogP contribution is -2.35. The number of imide groups is 1. The van der Waals surface area contributed by atoms with Crippen LogP contribution in [-0.4, -0.2) is 48.2 Å². The highest BCUT2D eigenvalue weighted by Crippen LogP contribution is 2.34. The number of aliphatic carboxylic acids is 1. The number of hydrogen-bond donors (Lipinski definition) is 2. The molecule has 1 aliphatic rings. The van der Waals surface area contributed by atoms with Crippen molar-refractivity contribution in [3.8, 4) is 11.5 Å². The summed E-state index contributed by atoms with van der Waals surface area (Å²) < 4.78 is 11.6. The second kappa shape index (κ2) is 7.51. The number of methoxy groups -OCH3 is 1. The maximum atomic E-state index is 12.1. The number of carbonyl (C=O) groups excluding carboxylic acids is 2. The van der Waals surface area contributed by atoms with E-state index < -0.39 is 24.5 Å². The molecule has 1 aromatic carbocycles. The summed E-state index contributed by atoms with van der Waals surface area (Å²) in [4.78, 5) is 35.2. The Balaban J connectivity index is 2.35. The first kappa shape index (κ1) is 18.0. The van der Waals surface area contributed by atoms with Crippen molar-refractivity contribution in [2.75, 3.05) is 20.3 Å². The van der Waals surface area contributed by atoms with Crippen molar-refractivity contribution < 1.29 is 29.0 Å². The number of amides is 3. The number of hydrogen-bond acceptors (Lipinski definition) is 5. The molecule has 2 N–H and O–H groups in total. The Morgan fingerprint density at radius 2 is 2.12 bits per heavy atom. The van der Waals surface area contributed by atoms with Crippen LogP contribution in [0.5, 0.6) is 11.5 Å². The van der Waals surface area contributed by atoms with Gasteiger partial charge in [-0.2, -0.15) is 0 Å². The van der Waals surface area contributed by atoms with Gasteiger partial charge in [0.2, 0.25) is 0 Å². The van der Waals surface area contributed by atoms with Crippen molar-refractivity contribution in [1.82, 2.24) is 10.2 Å². The Kier molecular flexibility index (Phi) is 5.65. The first-order valence-electron chi connectivity index (χ1n) is 6.94. The minimum Gasteiger partial charge on any atom is -0.493 e. The molecule has 9 heteroatoms. The summed E-state index contributed by atoms with van der Waals surface area (Å²) >= 11 is 2.08. The van der Waals surface area contributed by atoms with Crippen molar-refractivity contribution in [3.05, 3.63) is 27.0 Å². The SMILES string of the molecule is CCOc1c(I)cc(/C=C2\NC(=O)N(CC(=O)O)C2=O)cc1OC. The van der Waals surface area contributed by atoms with E-state index in [9.17, 15) is 14.4 Å². The van der Waals surface area contributed by atoms with Crippen LogP contribution in [-0.2, 0) is 9.59 Å². The predicted molar refractivity (Wildman–Crippen MR) is 92.7 cm³/mol. The molecule has 8 nitrogen and oxygen atoms in total. The van der Waals surface area contributed by atoms with Gasteiger partial charge in [-0.3, -0.25) is 9.59 Å². The molecule has 0 radical (unpaired) electrons. The molecule has 1 saturated heterocycles. The zero-order valence-corrected chi connectivity index (χ0v) is 15.1. The van der Waals surface area contributed by atoms with Gasteiger partial charge in [0, 0.05) is 0 Å². The Hall–Kier alpha value is -2.30. The minimum absolute atomic E-state index is 0.00302. The predicted octanol–water partition coefficient (Wildman–Crippen LogP) is 1.68. The summed E-state index contributed by atoms with van der Waals surface area (Å²) in [6.07, 6.45) is 1.46. The fraction of sp³-hybridized carbons (Fsp3) is 0.267. The standard InChI is InChI=1S/C15H15IN2O6/c1-3-24-13-9(16)4-8(6-11(13)23-2)5-10-14(21)18(7-12(19)20)15(22)17-10/h4-6H,3,7H2,1-2H3,(H,17,22)(H,19,20)/b10-5-. The van der Waals surface area contributed by atoms with E-state index in [0.29, 0.717) is 28.6 Å². The fourth-order valence-corrected chi connectivity index (χ4v) is 2.91. The number of benzene rings is 1. The Labute approximate surface area is 151 Å². The maximum Gasteiger partial charge on any atom is 0.329 e. The minimum atomic E-state index is -1.27. The molecule has 1 aromatic rings. The van der Waals surface area contributed by atoms with Gasteiger partial charge < -0.3 is 19.9 Å². The first-order valence-corrected chi connectivity index (χ1v) is 8.02. The lowest BCUT2D eigenvalue weighted by Gasteiger charge is -2.12. The monoisotopic (exact) mass is 446 g/mol. The molecule has 0 aromatic heterocycles. The van der Waals surface area contributed by atoms with E-state index in [1.54, 1.807) is 12.1 Å². The number of carbonyl (C=O) groups is 3. The Morgan fingerprint density at radius 1 is 1.42 bits per heavy atom. The third-order valence-electron chi connectivity index (χ3n) is 3.11. The lowest BCUT2D eigenvalue weighted by molar-refractivity contribution is -0.140. The molecule has 0 spiro atoms. The van der Waals surface area contributed by atoms with Gasteiger partial charge in [0.1, 0.15) is 12.2 Å². The molecule has 0 saturated carbocycles. The van der Waals surface area contributed by atoms with Crippen LogP contribution in [0.2, 0.25) is 0 Å². The van der Waals surface area contributed by atoms with E-state index in [-0.39, 0.29) is 5.70 Å². The van der Waals surface area contributed by atoms with Gasteiger partial charge >= 0.3 is 12.0 Å². The Bertz CT molecular complexity index is 731. The van der Waals surface area contributed by atoms with Crippen molar-refractivity contribution in [1.29, 1.82) is 0 Å². The molecule has 0 unspecified atom stereocenters. The van der Waals surface area contributed by atoms with E-state index in [1.165, 1.54) is 13.2 Å². The van der Waals surface area contributed by atoms with Crippen molar-refractivity contribution in [3.63, 3.8) is 0 Å². The summed E-state index contributed by atoms with van der Waals surface area (Å²) in [6, 6.07) is 2.67. The number of nitrogens with one attached hydrogen (secondary N) is 1. The van der Waals surface area contributed by atoms with Gasteiger partial charge in [0.05, 0.1) is 17.3 Å². The molecular formula is C15H15IN2O6. The van der Waals surface area contributed by atoms with Crippen LogP contribution in [0.1, 0.15) is 12.5 Å². The molecule has 1 heterocycles. The molecular weight excluding hydrogens is 431 g/mol. The molecule has 1 fully saturated rings. The summed E-state index contributed by atoms with van der Waals surface area (Å²) in [5.41, 5.74) is 0.615. The van der Waals surface area contributed by atoms with E-state index >= 15 is 0 Å². The van der Waals surface area contributed by atoms with E-state index in [2.05, 4.69) is 27.9 Å². The number of carboxylic acids is 1. The second-order valence-corrected chi connectivity index (χ2v) is 5.90. The smallest absolute Gasteiger partial charge is 0.329 e. The van der Waals surface area contributed by atoms with Crippen molar-refractivity contribution in [2.45, 2.75) is 6.92 Å². The van der Waals surface area contributed by atoms with Crippen LogP contribution in [0.15, 0.2) is 17.8 Å². The topological polar surface area (TPSA) is 105 Å². The summed E-state index contributed by atoms with van der Waals surface area (Å²) in [6.45, 7) is 1.65. The normalized spacial score (nSPS) is 15.6. The zero-order chi connectivity index (χ0) is 17.9. The third kappa shape index (κ3) is 3.78. The third-order valence-corrected chi connectivity index (χ3v) is 3.91. The number of carboxylic acid groups (broad SMARTS) is 1. The average molecular weight is 446 g/mol. The van der Waals surface area contributed by atoms with Crippen LogP contribution < -0.4 is 14.8 Å². The van der Waals surface area contributed by atoms with E-state index in [0.717, 1.165) is 3.57 Å². The summed E-state index contributed by atoms with van der Waals surface area (Å²) in [5, 5.41) is 11.1. The van der Waals surface area contributed by atoms with Crippen LogP contribution in [0, 0.1) is 3.57 Å². The molecule has 24 heavy (non-hydrogen) atoms. The van der Waals surface area contributed by atoms with Crippen molar-refractivity contribution >= 4 is 46.6 Å². The van der Waals surface area contributed by atoms with Gasteiger partial charge in [0.25, 0.3) is 5.91 Å². The molecule has 0 aliphatic carbocycles. The summed E-state index contributed by atoms with van der Waals surface area (Å²) in [7, 11) is 1.50. The largest absolute Gasteiger partial charge is 0.493 e. The maximum absolute atomic E-state index is 12.1. The zero-order valence-electron chi connectivity index (χ0n) is 13.0. The summed E-state index contributed by atoms with van der Waals surface area (Å²) in [5.74, 6) is -0.867. The molecule has 3 amide bonds. The van der Waals surface area contributed by atoms with Crippen LogP contribution in [0.25, 0.3) is 6.08 Å². The highest BCUT2D eigenvalue weighted by molar-refractivity contribution is 14.1. The molecule has 0 atom stereocenters. The molecule has 0 bridgehead atoms. The van der Waals surface area contributed by atoms with Crippen LogP contribution >= 0.6 is 22.6 Å². The van der Waals surface area contributed by atoms with E-state index in [4.69, 9.17) is 14.6 Å². The Morgan fingerprint density at radius 3 is 2.71 bits per heavy atom. The number of halogens is 1. The lowest BCUT2D eigenvalue weighted by atomic mass is 10.1. The molecule has 128 valence electrons. The average Bonchev–Trinajstić information content (AvgIpc) is 2.77. The van der Waals surface area contributed by atoms with Gasteiger partial charge in [-0.25, -0.2) is 9.69 Å².